The Morgan fingerprint density at radius 3 is 2.58 bits per heavy atom. The van der Waals surface area contributed by atoms with Crippen molar-refractivity contribution in [2.45, 2.75) is 0 Å². The second-order valence-corrected chi connectivity index (χ2v) is 5.02. The molecule has 2 aliphatic carbocycles. The van der Waals surface area contributed by atoms with Gasteiger partial charge in [0, 0.05) is 5.56 Å². The van der Waals surface area contributed by atoms with Gasteiger partial charge in [-0.15, -0.1) is 0 Å². The van der Waals surface area contributed by atoms with Gasteiger partial charge >= 0.3 is 0 Å². The fraction of sp³-hybridized carbons (Fsp3) is 0.0556. The van der Waals surface area contributed by atoms with Crippen LogP contribution in [0.3, 0.4) is 0 Å². The molecule has 0 aromatic heterocycles. The van der Waals surface area contributed by atoms with E-state index >= 15 is 0 Å². The first-order chi connectivity index (χ1) is 9.33. The van der Waals surface area contributed by atoms with E-state index < -0.39 is 0 Å². The van der Waals surface area contributed by atoms with E-state index in [9.17, 15) is 4.79 Å². The predicted molar refractivity (Wildman–Crippen MR) is 78.0 cm³/mol. The van der Waals surface area contributed by atoms with Gasteiger partial charge in [0.2, 0.25) is 0 Å². The first-order valence-corrected chi connectivity index (χ1v) is 6.46. The van der Waals surface area contributed by atoms with Crippen molar-refractivity contribution in [1.82, 2.24) is 0 Å². The molecule has 0 heterocycles. The van der Waals surface area contributed by atoms with E-state index in [0.29, 0.717) is 0 Å². The molecule has 2 aliphatic rings. The molecule has 19 heavy (non-hydrogen) atoms. The number of rotatable bonds is 0. The van der Waals surface area contributed by atoms with Gasteiger partial charge < -0.3 is 0 Å². The summed E-state index contributed by atoms with van der Waals surface area (Å²) in [5.74, 6) is 0.109. The second kappa shape index (κ2) is 3.79. The van der Waals surface area contributed by atoms with Gasteiger partial charge in [0.25, 0.3) is 0 Å². The highest BCUT2D eigenvalue weighted by Gasteiger charge is 2.27. The summed E-state index contributed by atoms with van der Waals surface area (Å²) in [6, 6.07) is 12.3. The Morgan fingerprint density at radius 1 is 0.947 bits per heavy atom. The molecule has 0 N–H and O–H groups in total. The van der Waals surface area contributed by atoms with Crippen LogP contribution in [0, 0.1) is 5.92 Å². The minimum atomic E-state index is -0.0985. The zero-order valence-electron chi connectivity index (χ0n) is 10.3. The standard InChI is InChI=1S/C18H12O/c19-18-16-8-4-3-7-14(16)10-15-9-12-5-1-2-6-13(12)11-17(15)18/h1-11,16H. The summed E-state index contributed by atoms with van der Waals surface area (Å²) in [5, 5.41) is 2.31. The van der Waals surface area contributed by atoms with Gasteiger partial charge in [-0.2, -0.15) is 0 Å². The highest BCUT2D eigenvalue weighted by molar-refractivity contribution is 6.10. The smallest absolute Gasteiger partial charge is 0.174 e. The van der Waals surface area contributed by atoms with Crippen molar-refractivity contribution in [3.05, 3.63) is 77.4 Å². The molecule has 0 radical (unpaired) electrons. The Balaban J connectivity index is 2.02. The molecule has 0 saturated carbocycles. The van der Waals surface area contributed by atoms with Crippen molar-refractivity contribution >= 4 is 22.6 Å². The summed E-state index contributed by atoms with van der Waals surface area (Å²) >= 11 is 0. The van der Waals surface area contributed by atoms with Gasteiger partial charge in [0.15, 0.2) is 5.78 Å². The average Bonchev–Trinajstić information content (AvgIpc) is 2.46. The van der Waals surface area contributed by atoms with Crippen LogP contribution in [0.4, 0.5) is 0 Å². The normalized spacial score (nSPS) is 20.1. The van der Waals surface area contributed by atoms with Crippen LogP contribution in [0.25, 0.3) is 16.8 Å². The van der Waals surface area contributed by atoms with Crippen LogP contribution < -0.4 is 0 Å². The van der Waals surface area contributed by atoms with E-state index in [1.165, 1.54) is 5.39 Å². The van der Waals surface area contributed by atoms with E-state index in [4.69, 9.17) is 0 Å². The van der Waals surface area contributed by atoms with E-state index in [1.807, 2.05) is 42.5 Å². The van der Waals surface area contributed by atoms with Crippen LogP contribution in [-0.2, 0) is 0 Å². The van der Waals surface area contributed by atoms with Gasteiger partial charge in [-0.05, 0) is 40.1 Å². The molecule has 0 bridgehead atoms. The van der Waals surface area contributed by atoms with Gasteiger partial charge in [-0.25, -0.2) is 0 Å². The number of allylic oxidation sites excluding steroid dienone is 5. The lowest BCUT2D eigenvalue weighted by Gasteiger charge is -2.22. The molecule has 1 heteroatoms. The van der Waals surface area contributed by atoms with E-state index in [1.54, 1.807) is 0 Å². The van der Waals surface area contributed by atoms with Crippen LogP contribution >= 0.6 is 0 Å². The van der Waals surface area contributed by atoms with Gasteiger partial charge in [-0.3, -0.25) is 4.79 Å². The summed E-state index contributed by atoms with van der Waals surface area (Å²) in [4.78, 5) is 12.6. The third kappa shape index (κ3) is 1.52. The summed E-state index contributed by atoms with van der Waals surface area (Å²) in [6.07, 6.45) is 10.1. The zero-order valence-corrected chi connectivity index (χ0v) is 10.3. The average molecular weight is 244 g/mol. The Labute approximate surface area is 111 Å². The summed E-state index contributed by atoms with van der Waals surface area (Å²) in [7, 11) is 0. The molecule has 2 aromatic carbocycles. The van der Waals surface area contributed by atoms with Gasteiger partial charge in [-0.1, -0.05) is 48.6 Å². The molecule has 1 unspecified atom stereocenters. The lowest BCUT2D eigenvalue weighted by molar-refractivity contribution is 0.0960. The van der Waals surface area contributed by atoms with Crippen LogP contribution in [-0.4, -0.2) is 5.78 Å². The Morgan fingerprint density at radius 2 is 1.74 bits per heavy atom. The van der Waals surface area contributed by atoms with Crippen molar-refractivity contribution in [3.8, 4) is 0 Å². The molecule has 4 rings (SSSR count). The van der Waals surface area contributed by atoms with Crippen LogP contribution in [0.2, 0.25) is 0 Å². The van der Waals surface area contributed by atoms with E-state index in [-0.39, 0.29) is 11.7 Å². The number of hydrogen-bond acceptors (Lipinski definition) is 1. The van der Waals surface area contributed by atoms with Crippen molar-refractivity contribution in [2.24, 2.45) is 5.92 Å². The molecule has 1 nitrogen and oxygen atoms in total. The number of Topliss-reactive ketones (excluding diaryl/α,β-unsaturated/α-hetero) is 1. The van der Waals surface area contributed by atoms with Crippen molar-refractivity contribution < 1.29 is 4.79 Å². The molecular weight excluding hydrogens is 232 g/mol. The van der Waals surface area contributed by atoms with Gasteiger partial charge in [0.05, 0.1) is 5.92 Å². The van der Waals surface area contributed by atoms with E-state index in [0.717, 1.165) is 22.1 Å². The second-order valence-electron chi connectivity index (χ2n) is 5.02. The third-order valence-electron chi connectivity index (χ3n) is 3.85. The molecule has 90 valence electrons. The zero-order chi connectivity index (χ0) is 12.8. The van der Waals surface area contributed by atoms with E-state index in [2.05, 4.69) is 24.3 Å². The largest absolute Gasteiger partial charge is 0.293 e. The van der Waals surface area contributed by atoms with Gasteiger partial charge in [0.1, 0.15) is 0 Å². The Kier molecular flexibility index (Phi) is 2.10. The maximum absolute atomic E-state index is 12.6. The Hall–Kier alpha value is -2.41. The van der Waals surface area contributed by atoms with Crippen LogP contribution in [0.15, 0.2) is 66.3 Å². The first kappa shape index (κ1) is 10.5. The molecule has 0 saturated heterocycles. The Bertz CT molecular complexity index is 790. The number of carbonyl (C=O) groups excluding carboxylic acids is 1. The van der Waals surface area contributed by atoms with Crippen LogP contribution in [0.1, 0.15) is 15.9 Å². The summed E-state index contributed by atoms with van der Waals surface area (Å²) in [5.41, 5.74) is 2.97. The SMILES string of the molecule is O=C1c2cc3ccccc3cc2C=C2C=CC=CC12. The first-order valence-electron chi connectivity index (χ1n) is 6.46. The molecule has 0 spiro atoms. The quantitative estimate of drug-likeness (QED) is 0.680. The number of ketones is 1. The fourth-order valence-corrected chi connectivity index (χ4v) is 2.87. The van der Waals surface area contributed by atoms with Crippen molar-refractivity contribution in [1.29, 1.82) is 0 Å². The molecular formula is C18H12O. The lowest BCUT2D eigenvalue weighted by atomic mass is 9.79. The maximum Gasteiger partial charge on any atom is 0.174 e. The van der Waals surface area contributed by atoms with Crippen LogP contribution in [0.5, 0.6) is 0 Å². The topological polar surface area (TPSA) is 17.1 Å². The number of carbonyl (C=O) groups is 1. The molecule has 0 amide bonds. The monoisotopic (exact) mass is 244 g/mol. The minimum absolute atomic E-state index is 0.0985. The fourth-order valence-electron chi connectivity index (χ4n) is 2.87. The third-order valence-corrected chi connectivity index (χ3v) is 3.85. The maximum atomic E-state index is 12.6. The summed E-state index contributed by atoms with van der Waals surface area (Å²) < 4.78 is 0. The molecule has 0 fully saturated rings. The van der Waals surface area contributed by atoms with Crippen molar-refractivity contribution in [3.63, 3.8) is 0 Å². The van der Waals surface area contributed by atoms with Crippen molar-refractivity contribution in [2.75, 3.05) is 0 Å². The molecule has 0 aliphatic heterocycles. The lowest BCUT2D eigenvalue weighted by Crippen LogP contribution is -2.20. The number of fused-ring (bicyclic) bond motifs is 3. The molecule has 2 aromatic rings. The minimum Gasteiger partial charge on any atom is -0.293 e. The highest BCUT2D eigenvalue weighted by atomic mass is 16.1. The summed E-state index contributed by atoms with van der Waals surface area (Å²) in [6.45, 7) is 0. The number of hydrogen-bond donors (Lipinski definition) is 0. The number of benzene rings is 2. The highest BCUT2D eigenvalue weighted by Crippen LogP contribution is 2.34. The predicted octanol–water partition coefficient (Wildman–Crippen LogP) is 4.16. The molecule has 1 atom stereocenters.